The highest BCUT2D eigenvalue weighted by molar-refractivity contribution is 8.00. The van der Waals surface area contributed by atoms with Crippen LogP contribution in [0.1, 0.15) is 42.3 Å². The fourth-order valence-electron chi connectivity index (χ4n) is 4.26. The molecular formula is C30H34N4O4S. The summed E-state index contributed by atoms with van der Waals surface area (Å²) in [7, 11) is 1.59. The van der Waals surface area contributed by atoms with E-state index in [0.29, 0.717) is 30.9 Å². The Morgan fingerprint density at radius 3 is 2.49 bits per heavy atom. The highest BCUT2D eigenvalue weighted by atomic mass is 32.2. The number of methoxy groups -OCH3 is 1. The lowest BCUT2D eigenvalue weighted by molar-refractivity contribution is -0.135. The summed E-state index contributed by atoms with van der Waals surface area (Å²) in [5.41, 5.74) is 9.11. The number of hydrogen-bond acceptors (Lipinski definition) is 6. The molecule has 1 atom stereocenters. The van der Waals surface area contributed by atoms with Crippen LogP contribution in [0.15, 0.2) is 71.6 Å². The summed E-state index contributed by atoms with van der Waals surface area (Å²) < 4.78 is 5.38. The zero-order valence-electron chi connectivity index (χ0n) is 22.6. The smallest absolute Gasteiger partial charge is 0.256 e. The maximum Gasteiger partial charge on any atom is 0.256 e. The topological polar surface area (TPSA) is 114 Å². The van der Waals surface area contributed by atoms with Crippen molar-refractivity contribution in [3.63, 3.8) is 0 Å². The number of nitrogens with two attached hydrogens (primary N) is 1. The van der Waals surface area contributed by atoms with Crippen molar-refractivity contribution in [1.82, 2.24) is 15.5 Å². The molecule has 1 unspecified atom stereocenters. The van der Waals surface area contributed by atoms with Crippen molar-refractivity contribution < 1.29 is 19.1 Å². The Bertz CT molecular complexity index is 1370. The highest BCUT2D eigenvalue weighted by Gasteiger charge is 2.34. The lowest BCUT2D eigenvalue weighted by atomic mass is 9.98. The predicted octanol–water partition coefficient (Wildman–Crippen LogP) is 3.93. The molecule has 0 saturated heterocycles. The van der Waals surface area contributed by atoms with E-state index in [2.05, 4.69) is 10.6 Å². The van der Waals surface area contributed by atoms with Gasteiger partial charge in [-0.05, 0) is 61.2 Å². The number of benzene rings is 3. The molecule has 0 radical (unpaired) electrons. The molecule has 1 aliphatic rings. The Labute approximate surface area is 233 Å². The van der Waals surface area contributed by atoms with Crippen LogP contribution in [0.5, 0.6) is 5.75 Å². The molecule has 0 saturated carbocycles. The third kappa shape index (κ3) is 6.61. The van der Waals surface area contributed by atoms with Crippen LogP contribution in [0.25, 0.3) is 11.1 Å². The fraction of sp³-hybridized carbons (Fsp3) is 0.300. The Hall–Kier alpha value is -3.82. The van der Waals surface area contributed by atoms with E-state index in [0.717, 1.165) is 27.1 Å². The number of amides is 3. The Morgan fingerprint density at radius 1 is 1.10 bits per heavy atom. The minimum atomic E-state index is -1.13. The van der Waals surface area contributed by atoms with Gasteiger partial charge < -0.3 is 26.0 Å². The van der Waals surface area contributed by atoms with Crippen molar-refractivity contribution in [2.75, 3.05) is 13.7 Å². The summed E-state index contributed by atoms with van der Waals surface area (Å²) in [6.45, 7) is 6.38. The van der Waals surface area contributed by atoms with E-state index in [4.69, 9.17) is 10.5 Å². The first-order valence-electron chi connectivity index (χ1n) is 12.8. The SMILES string of the molecule is CCNC(=O)c1ccccc1-c1ccc(CN2Cc3ccc(OC)cc3SC(NC(=O)C(C)(C)N)C2=O)cc1. The molecule has 8 nitrogen and oxygen atoms in total. The van der Waals surface area contributed by atoms with Gasteiger partial charge in [-0.25, -0.2) is 0 Å². The number of hydrogen-bond donors (Lipinski definition) is 3. The number of carbonyl (C=O) groups is 3. The second-order valence-electron chi connectivity index (χ2n) is 9.96. The van der Waals surface area contributed by atoms with Gasteiger partial charge in [-0.2, -0.15) is 0 Å². The van der Waals surface area contributed by atoms with Crippen LogP contribution < -0.4 is 21.1 Å². The maximum absolute atomic E-state index is 13.7. The number of nitrogens with zero attached hydrogens (tertiary/aromatic N) is 1. The summed E-state index contributed by atoms with van der Waals surface area (Å²) in [5, 5.41) is 4.85. The van der Waals surface area contributed by atoms with E-state index >= 15 is 0 Å². The van der Waals surface area contributed by atoms with Crippen molar-refractivity contribution in [3.8, 4) is 16.9 Å². The van der Waals surface area contributed by atoms with Crippen LogP contribution in [0.4, 0.5) is 0 Å². The van der Waals surface area contributed by atoms with Gasteiger partial charge in [0.05, 0.1) is 12.6 Å². The first kappa shape index (κ1) is 28.2. The normalized spacial score (nSPS) is 15.3. The molecule has 0 spiro atoms. The maximum atomic E-state index is 13.7. The number of rotatable bonds is 8. The fourth-order valence-corrected chi connectivity index (χ4v) is 5.40. The van der Waals surface area contributed by atoms with Gasteiger partial charge in [0.1, 0.15) is 5.75 Å². The lowest BCUT2D eigenvalue weighted by Gasteiger charge is -2.27. The van der Waals surface area contributed by atoms with Crippen LogP contribution in [-0.4, -0.2) is 47.2 Å². The Balaban J connectivity index is 1.61. The first-order chi connectivity index (χ1) is 18.6. The summed E-state index contributed by atoms with van der Waals surface area (Å²) >= 11 is 1.29. The number of ether oxygens (including phenoxy) is 1. The average Bonchev–Trinajstić information content (AvgIpc) is 3.04. The number of carbonyl (C=O) groups excluding carboxylic acids is 3. The van der Waals surface area contributed by atoms with Gasteiger partial charge in [0.2, 0.25) is 5.91 Å². The van der Waals surface area contributed by atoms with E-state index in [1.165, 1.54) is 11.8 Å². The summed E-state index contributed by atoms with van der Waals surface area (Å²) in [4.78, 5) is 41.5. The first-order valence-corrected chi connectivity index (χ1v) is 13.7. The molecule has 204 valence electrons. The molecule has 1 heterocycles. The van der Waals surface area contributed by atoms with E-state index < -0.39 is 16.8 Å². The van der Waals surface area contributed by atoms with E-state index in [1.54, 1.807) is 25.9 Å². The number of thioether (sulfide) groups is 1. The monoisotopic (exact) mass is 546 g/mol. The molecule has 4 rings (SSSR count). The minimum absolute atomic E-state index is 0.117. The molecule has 0 aromatic heterocycles. The van der Waals surface area contributed by atoms with Crippen molar-refractivity contribution in [1.29, 1.82) is 0 Å². The van der Waals surface area contributed by atoms with Crippen molar-refractivity contribution in [2.24, 2.45) is 5.73 Å². The van der Waals surface area contributed by atoms with Gasteiger partial charge in [0, 0.05) is 30.1 Å². The number of nitrogens with one attached hydrogen (secondary N) is 2. The van der Waals surface area contributed by atoms with Gasteiger partial charge in [-0.15, -0.1) is 0 Å². The van der Waals surface area contributed by atoms with Crippen LogP contribution in [-0.2, 0) is 22.7 Å². The van der Waals surface area contributed by atoms with Crippen LogP contribution in [0, 0.1) is 0 Å². The zero-order chi connectivity index (χ0) is 28.2. The predicted molar refractivity (Wildman–Crippen MR) is 153 cm³/mol. The summed E-state index contributed by atoms with van der Waals surface area (Å²) in [5.74, 6) is -0.0584. The van der Waals surface area contributed by atoms with Crippen LogP contribution in [0.3, 0.4) is 0 Å². The second-order valence-corrected chi connectivity index (χ2v) is 11.1. The van der Waals surface area contributed by atoms with E-state index in [-0.39, 0.29) is 11.8 Å². The van der Waals surface area contributed by atoms with Gasteiger partial charge >= 0.3 is 0 Å². The third-order valence-corrected chi connectivity index (χ3v) is 7.60. The largest absolute Gasteiger partial charge is 0.497 e. The van der Waals surface area contributed by atoms with Gasteiger partial charge in [-0.1, -0.05) is 60.3 Å². The molecule has 0 aliphatic carbocycles. The molecule has 39 heavy (non-hydrogen) atoms. The molecule has 3 aromatic carbocycles. The highest BCUT2D eigenvalue weighted by Crippen LogP contribution is 2.35. The second kappa shape index (κ2) is 11.9. The quantitative estimate of drug-likeness (QED) is 0.395. The van der Waals surface area contributed by atoms with E-state index in [9.17, 15) is 14.4 Å². The average molecular weight is 547 g/mol. The Kier molecular flexibility index (Phi) is 8.62. The number of fused-ring (bicyclic) bond motifs is 1. The van der Waals surface area contributed by atoms with Crippen molar-refractivity contribution >= 4 is 29.5 Å². The molecule has 3 aromatic rings. The van der Waals surface area contributed by atoms with Gasteiger partial charge in [0.15, 0.2) is 5.37 Å². The Morgan fingerprint density at radius 2 is 1.82 bits per heavy atom. The molecule has 4 N–H and O–H groups in total. The third-order valence-electron chi connectivity index (χ3n) is 6.41. The van der Waals surface area contributed by atoms with Crippen molar-refractivity contribution in [3.05, 3.63) is 83.4 Å². The van der Waals surface area contributed by atoms with Crippen molar-refractivity contribution in [2.45, 2.75) is 49.7 Å². The molecular weight excluding hydrogens is 512 g/mol. The minimum Gasteiger partial charge on any atom is -0.497 e. The standard InChI is InChI=1S/C30H34N4O4S/c1-5-32-26(35)24-9-7-6-8-23(24)20-12-10-19(11-13-20)17-34-18-21-14-15-22(38-4)16-25(21)39-27(28(34)36)33-29(37)30(2,3)31/h6-16,27H,5,17-18,31H2,1-4H3,(H,32,35)(H,33,37). The molecule has 0 fully saturated rings. The summed E-state index contributed by atoms with van der Waals surface area (Å²) in [6, 6.07) is 21.0. The van der Waals surface area contributed by atoms with Crippen LogP contribution in [0.2, 0.25) is 0 Å². The van der Waals surface area contributed by atoms with Gasteiger partial charge in [0.25, 0.3) is 11.8 Å². The molecule has 9 heteroatoms. The zero-order valence-corrected chi connectivity index (χ0v) is 23.4. The van der Waals surface area contributed by atoms with Crippen LogP contribution >= 0.6 is 11.8 Å². The van der Waals surface area contributed by atoms with E-state index in [1.807, 2.05) is 73.7 Å². The molecule has 1 aliphatic heterocycles. The molecule has 0 bridgehead atoms. The van der Waals surface area contributed by atoms with Gasteiger partial charge in [-0.3, -0.25) is 14.4 Å². The molecule has 3 amide bonds. The lowest BCUT2D eigenvalue weighted by Crippen LogP contribution is -2.54. The summed E-state index contributed by atoms with van der Waals surface area (Å²) in [6.07, 6.45) is 0.